The van der Waals surface area contributed by atoms with Gasteiger partial charge in [0.2, 0.25) is 11.8 Å². The number of carbonyl (C=O) groups excluding carboxylic acids is 2. The highest BCUT2D eigenvalue weighted by Gasteiger charge is 2.30. The van der Waals surface area contributed by atoms with Crippen LogP contribution >= 0.6 is 0 Å². The van der Waals surface area contributed by atoms with Gasteiger partial charge in [-0.15, -0.1) is 0 Å². The Morgan fingerprint density at radius 3 is 2.71 bits per heavy atom. The van der Waals surface area contributed by atoms with Crippen molar-refractivity contribution >= 4 is 11.8 Å². The van der Waals surface area contributed by atoms with Gasteiger partial charge in [0.15, 0.2) is 0 Å². The number of primary amides is 1. The van der Waals surface area contributed by atoms with Crippen LogP contribution in [0, 0.1) is 0 Å². The number of hydrogen-bond acceptors (Lipinski definition) is 3. The molecule has 0 aliphatic carbocycles. The topological polar surface area (TPSA) is 75.4 Å². The number of nitrogens with zero attached hydrogens (tertiary/aromatic N) is 1. The average Bonchev–Trinajstić information content (AvgIpc) is 2.46. The van der Waals surface area contributed by atoms with Gasteiger partial charge in [-0.25, -0.2) is 0 Å². The molecule has 1 heterocycles. The fourth-order valence-electron chi connectivity index (χ4n) is 2.67. The van der Waals surface area contributed by atoms with Crippen molar-refractivity contribution in [1.82, 2.24) is 10.2 Å². The second kappa shape index (κ2) is 7.22. The first-order valence-corrected chi connectivity index (χ1v) is 7.48. The highest BCUT2D eigenvalue weighted by molar-refractivity contribution is 5.83. The molecule has 5 nitrogen and oxygen atoms in total. The van der Waals surface area contributed by atoms with Crippen molar-refractivity contribution in [3.63, 3.8) is 0 Å². The Kier molecular flexibility index (Phi) is 5.33. The number of benzene rings is 1. The predicted octanol–water partition coefficient (Wildman–Crippen LogP) is 0.815. The monoisotopic (exact) mass is 289 g/mol. The molecule has 1 aromatic carbocycles. The summed E-state index contributed by atoms with van der Waals surface area (Å²) < 4.78 is 0. The van der Waals surface area contributed by atoms with Gasteiger partial charge in [0.1, 0.15) is 0 Å². The Balaban J connectivity index is 2.03. The van der Waals surface area contributed by atoms with Crippen LogP contribution in [0.3, 0.4) is 0 Å². The van der Waals surface area contributed by atoms with Gasteiger partial charge in [0.05, 0.1) is 12.6 Å². The lowest BCUT2D eigenvalue weighted by Gasteiger charge is -2.34. The molecule has 2 rings (SSSR count). The number of hydrogen-bond donors (Lipinski definition) is 2. The van der Waals surface area contributed by atoms with Crippen LogP contribution in [-0.4, -0.2) is 35.8 Å². The summed E-state index contributed by atoms with van der Waals surface area (Å²) in [6.45, 7) is 3.56. The van der Waals surface area contributed by atoms with Crippen LogP contribution in [-0.2, 0) is 22.6 Å². The summed E-state index contributed by atoms with van der Waals surface area (Å²) in [6.07, 6.45) is 2.59. The van der Waals surface area contributed by atoms with Crippen LogP contribution in [0.15, 0.2) is 24.3 Å². The number of rotatable bonds is 6. The molecule has 0 fully saturated rings. The Morgan fingerprint density at radius 2 is 2.05 bits per heavy atom. The zero-order valence-corrected chi connectivity index (χ0v) is 12.5. The van der Waals surface area contributed by atoms with Gasteiger partial charge in [0.25, 0.3) is 0 Å². The number of unbranched alkanes of at least 4 members (excludes halogenated alkanes) is 1. The minimum atomic E-state index is -0.406. The van der Waals surface area contributed by atoms with Crippen LogP contribution in [0.25, 0.3) is 0 Å². The number of nitrogens with one attached hydrogen (secondary N) is 1. The van der Waals surface area contributed by atoms with E-state index in [4.69, 9.17) is 5.73 Å². The van der Waals surface area contributed by atoms with Gasteiger partial charge >= 0.3 is 0 Å². The molecule has 21 heavy (non-hydrogen) atoms. The van der Waals surface area contributed by atoms with E-state index in [0.717, 1.165) is 24.0 Å². The fourth-order valence-corrected chi connectivity index (χ4v) is 2.67. The molecule has 0 radical (unpaired) electrons. The van der Waals surface area contributed by atoms with E-state index in [2.05, 4.69) is 12.2 Å². The number of amides is 2. The molecule has 1 unspecified atom stereocenters. The first kappa shape index (κ1) is 15.5. The number of carbonyl (C=O) groups is 2. The van der Waals surface area contributed by atoms with E-state index in [1.165, 1.54) is 0 Å². The summed E-state index contributed by atoms with van der Waals surface area (Å²) in [5.74, 6) is -0.417. The Hall–Kier alpha value is -1.88. The van der Waals surface area contributed by atoms with E-state index in [-0.39, 0.29) is 18.4 Å². The third-order valence-electron chi connectivity index (χ3n) is 3.87. The molecule has 3 N–H and O–H groups in total. The molecular formula is C16H23N3O2. The maximum absolute atomic E-state index is 12.0. The smallest absolute Gasteiger partial charge is 0.235 e. The largest absolute Gasteiger partial charge is 0.368 e. The van der Waals surface area contributed by atoms with Crippen LogP contribution in [0.1, 0.15) is 30.9 Å². The van der Waals surface area contributed by atoms with Crippen LogP contribution in [0.4, 0.5) is 0 Å². The standard InChI is InChI=1S/C16H23N3O2/c1-2-3-8-18-15(20)11-19-10-13-7-5-4-6-12(13)9-14(19)16(17)21/h4-7,14H,2-3,8-11H2,1H3,(H2,17,21)(H,18,20). The second-order valence-corrected chi connectivity index (χ2v) is 5.50. The van der Waals surface area contributed by atoms with Crippen molar-refractivity contribution in [3.05, 3.63) is 35.4 Å². The van der Waals surface area contributed by atoms with E-state index in [9.17, 15) is 9.59 Å². The van der Waals surface area contributed by atoms with Gasteiger partial charge in [-0.2, -0.15) is 0 Å². The van der Waals surface area contributed by atoms with E-state index in [1.807, 2.05) is 29.2 Å². The zero-order chi connectivity index (χ0) is 15.2. The summed E-state index contributed by atoms with van der Waals surface area (Å²) in [6, 6.07) is 7.59. The molecule has 0 saturated heterocycles. The molecule has 1 aromatic rings. The maximum atomic E-state index is 12.0. The third kappa shape index (κ3) is 4.04. The van der Waals surface area contributed by atoms with E-state index < -0.39 is 6.04 Å². The summed E-state index contributed by atoms with van der Waals surface area (Å²) in [4.78, 5) is 25.5. The highest BCUT2D eigenvalue weighted by Crippen LogP contribution is 2.22. The predicted molar refractivity (Wildman–Crippen MR) is 81.5 cm³/mol. The minimum absolute atomic E-state index is 0.0471. The lowest BCUT2D eigenvalue weighted by molar-refractivity contribution is -0.127. The summed E-state index contributed by atoms with van der Waals surface area (Å²) in [7, 11) is 0. The minimum Gasteiger partial charge on any atom is -0.368 e. The van der Waals surface area contributed by atoms with Gasteiger partial charge in [-0.05, 0) is 24.0 Å². The van der Waals surface area contributed by atoms with E-state index >= 15 is 0 Å². The average molecular weight is 289 g/mol. The molecule has 1 aliphatic heterocycles. The highest BCUT2D eigenvalue weighted by atomic mass is 16.2. The van der Waals surface area contributed by atoms with Gasteiger partial charge in [-0.3, -0.25) is 14.5 Å². The van der Waals surface area contributed by atoms with Crippen molar-refractivity contribution in [2.75, 3.05) is 13.1 Å². The van der Waals surface area contributed by atoms with E-state index in [0.29, 0.717) is 19.5 Å². The first-order chi connectivity index (χ1) is 10.1. The van der Waals surface area contributed by atoms with Gasteiger partial charge in [-0.1, -0.05) is 37.6 Å². The molecule has 5 heteroatoms. The molecule has 0 saturated carbocycles. The normalized spacial score (nSPS) is 18.0. The SMILES string of the molecule is CCCCNC(=O)CN1Cc2ccccc2CC1C(N)=O. The van der Waals surface area contributed by atoms with Crippen molar-refractivity contribution in [3.8, 4) is 0 Å². The van der Waals surface area contributed by atoms with Crippen molar-refractivity contribution in [2.45, 2.75) is 38.8 Å². The lowest BCUT2D eigenvalue weighted by atomic mass is 9.93. The van der Waals surface area contributed by atoms with Crippen molar-refractivity contribution in [1.29, 1.82) is 0 Å². The van der Waals surface area contributed by atoms with Gasteiger partial charge in [0, 0.05) is 13.1 Å². The van der Waals surface area contributed by atoms with Crippen LogP contribution in [0.2, 0.25) is 0 Å². The Bertz CT molecular complexity index is 516. The van der Waals surface area contributed by atoms with Crippen molar-refractivity contribution < 1.29 is 9.59 Å². The van der Waals surface area contributed by atoms with E-state index in [1.54, 1.807) is 0 Å². The molecule has 2 amide bonds. The van der Waals surface area contributed by atoms with Crippen LogP contribution in [0.5, 0.6) is 0 Å². The molecule has 114 valence electrons. The number of fused-ring (bicyclic) bond motifs is 1. The second-order valence-electron chi connectivity index (χ2n) is 5.50. The quantitative estimate of drug-likeness (QED) is 0.761. The van der Waals surface area contributed by atoms with Crippen molar-refractivity contribution in [2.24, 2.45) is 5.73 Å². The molecule has 0 spiro atoms. The van der Waals surface area contributed by atoms with Gasteiger partial charge < -0.3 is 11.1 Å². The molecule has 0 aromatic heterocycles. The summed E-state index contributed by atoms with van der Waals surface area (Å²) in [5.41, 5.74) is 7.81. The Morgan fingerprint density at radius 1 is 1.33 bits per heavy atom. The fraction of sp³-hybridized carbons (Fsp3) is 0.500. The molecular weight excluding hydrogens is 266 g/mol. The first-order valence-electron chi connectivity index (χ1n) is 7.48. The lowest BCUT2D eigenvalue weighted by Crippen LogP contribution is -2.51. The zero-order valence-electron chi connectivity index (χ0n) is 12.5. The number of nitrogens with two attached hydrogens (primary N) is 1. The Labute approximate surface area is 125 Å². The third-order valence-corrected chi connectivity index (χ3v) is 3.87. The maximum Gasteiger partial charge on any atom is 0.235 e. The molecule has 0 bridgehead atoms. The van der Waals surface area contributed by atoms with Crippen LogP contribution < -0.4 is 11.1 Å². The summed E-state index contributed by atoms with van der Waals surface area (Å²) >= 11 is 0. The molecule has 1 atom stereocenters. The summed E-state index contributed by atoms with van der Waals surface area (Å²) in [5, 5.41) is 2.88. The molecule has 1 aliphatic rings.